The zero-order valence-electron chi connectivity index (χ0n) is 12.6. The summed E-state index contributed by atoms with van der Waals surface area (Å²) in [5, 5.41) is 2.16. The molecule has 4 nitrogen and oxygen atoms in total. The van der Waals surface area contributed by atoms with E-state index < -0.39 is 0 Å². The van der Waals surface area contributed by atoms with Crippen LogP contribution in [-0.4, -0.2) is 19.5 Å². The minimum Gasteiger partial charge on any atom is -0.285 e. The van der Waals surface area contributed by atoms with Crippen molar-refractivity contribution in [2.45, 2.75) is 0 Å². The number of nitrogens with zero attached hydrogens (tertiary/aromatic N) is 4. The largest absolute Gasteiger partial charge is 0.285 e. The Kier molecular flexibility index (Phi) is 2.93. The zero-order valence-corrected chi connectivity index (χ0v) is 13.4. The van der Waals surface area contributed by atoms with E-state index in [9.17, 15) is 0 Å². The summed E-state index contributed by atoms with van der Waals surface area (Å²) >= 11 is 1.71. The van der Waals surface area contributed by atoms with Crippen LogP contribution < -0.4 is 0 Å². The molecule has 0 radical (unpaired) electrons. The molecule has 0 N–H and O–H groups in total. The number of hydrogen-bond donors (Lipinski definition) is 0. The second kappa shape index (κ2) is 5.25. The Labute approximate surface area is 142 Å². The van der Waals surface area contributed by atoms with Gasteiger partial charge in [-0.25, -0.2) is 15.0 Å². The van der Waals surface area contributed by atoms with Crippen molar-refractivity contribution < 1.29 is 0 Å². The molecule has 3 heterocycles. The number of aromatic nitrogens is 4. The van der Waals surface area contributed by atoms with E-state index >= 15 is 0 Å². The van der Waals surface area contributed by atoms with Crippen LogP contribution in [0.4, 0.5) is 0 Å². The van der Waals surface area contributed by atoms with E-state index in [4.69, 9.17) is 4.98 Å². The summed E-state index contributed by atoms with van der Waals surface area (Å²) in [5.41, 5.74) is 3.22. The fourth-order valence-electron chi connectivity index (χ4n) is 2.94. The number of rotatable bonds is 2. The molecule has 2 aromatic carbocycles. The molecule has 0 bridgehead atoms. The first-order valence-electron chi connectivity index (χ1n) is 7.63. The van der Waals surface area contributed by atoms with Gasteiger partial charge in [0.1, 0.15) is 5.01 Å². The maximum atomic E-state index is 4.81. The van der Waals surface area contributed by atoms with Crippen LogP contribution in [0.3, 0.4) is 0 Å². The van der Waals surface area contributed by atoms with E-state index in [-0.39, 0.29) is 0 Å². The summed E-state index contributed by atoms with van der Waals surface area (Å²) in [7, 11) is 0. The van der Waals surface area contributed by atoms with Gasteiger partial charge in [0.15, 0.2) is 0 Å². The van der Waals surface area contributed by atoms with Gasteiger partial charge >= 0.3 is 0 Å². The fraction of sp³-hybridized carbons (Fsp3) is 0. The monoisotopic (exact) mass is 328 g/mol. The van der Waals surface area contributed by atoms with Gasteiger partial charge in [-0.2, -0.15) is 0 Å². The topological polar surface area (TPSA) is 43.6 Å². The fourth-order valence-corrected chi connectivity index (χ4v) is 3.93. The Morgan fingerprint density at radius 2 is 1.71 bits per heavy atom. The molecule has 0 aliphatic heterocycles. The van der Waals surface area contributed by atoms with Crippen LogP contribution in [0.5, 0.6) is 0 Å². The third-order valence-electron chi connectivity index (χ3n) is 4.00. The van der Waals surface area contributed by atoms with Crippen LogP contribution in [-0.2, 0) is 0 Å². The van der Waals surface area contributed by atoms with Crippen molar-refractivity contribution in [2.24, 2.45) is 0 Å². The molecule has 0 amide bonds. The Morgan fingerprint density at radius 1 is 0.833 bits per heavy atom. The minimum atomic E-state index is 0.668. The number of fused-ring (bicyclic) bond motifs is 2. The standard InChI is InChI=1S/C19H12N4S/c1-2-8-16-15(7-1)22-18(24-16)14-6-3-5-13-9-12-23(17(13)14)19-20-10-4-11-21-19/h1-12H. The Balaban J connectivity index is 1.81. The Morgan fingerprint density at radius 3 is 2.58 bits per heavy atom. The van der Waals surface area contributed by atoms with Crippen LogP contribution in [0, 0.1) is 0 Å². The third-order valence-corrected chi connectivity index (χ3v) is 5.07. The average molecular weight is 328 g/mol. The van der Waals surface area contributed by atoms with Gasteiger partial charge in [-0.05, 0) is 30.3 Å². The first kappa shape index (κ1) is 13.4. The number of thiazole rings is 1. The molecular formula is C19H12N4S. The lowest BCUT2D eigenvalue weighted by molar-refractivity contribution is 0.962. The lowest BCUT2D eigenvalue weighted by Gasteiger charge is -2.06. The van der Waals surface area contributed by atoms with Crippen molar-refractivity contribution in [2.75, 3.05) is 0 Å². The van der Waals surface area contributed by atoms with Gasteiger partial charge in [0.25, 0.3) is 0 Å². The van der Waals surface area contributed by atoms with Gasteiger partial charge in [0.2, 0.25) is 5.95 Å². The predicted octanol–water partition coefficient (Wildman–Crippen LogP) is 4.70. The number of hydrogen-bond acceptors (Lipinski definition) is 4. The first-order chi connectivity index (χ1) is 11.9. The van der Waals surface area contributed by atoms with Gasteiger partial charge in [0.05, 0.1) is 15.7 Å². The lowest BCUT2D eigenvalue weighted by Crippen LogP contribution is -1.99. The highest BCUT2D eigenvalue weighted by Gasteiger charge is 2.14. The van der Waals surface area contributed by atoms with Crippen molar-refractivity contribution >= 4 is 32.5 Å². The predicted molar refractivity (Wildman–Crippen MR) is 97.5 cm³/mol. The second-order valence-corrected chi connectivity index (χ2v) is 6.50. The molecule has 3 aromatic heterocycles. The Bertz CT molecular complexity index is 1120. The smallest absolute Gasteiger partial charge is 0.234 e. The van der Waals surface area contributed by atoms with E-state index in [1.165, 1.54) is 4.70 Å². The third kappa shape index (κ3) is 2.02. The summed E-state index contributed by atoms with van der Waals surface area (Å²) in [6.45, 7) is 0. The lowest BCUT2D eigenvalue weighted by atomic mass is 10.1. The van der Waals surface area contributed by atoms with E-state index in [1.807, 2.05) is 29.0 Å². The minimum absolute atomic E-state index is 0.668. The van der Waals surface area contributed by atoms with E-state index in [0.29, 0.717) is 5.95 Å². The van der Waals surface area contributed by atoms with Gasteiger partial charge < -0.3 is 0 Å². The SMILES string of the molecule is c1cnc(-n2ccc3cccc(-c4nc5ccccc5s4)c32)nc1. The highest BCUT2D eigenvalue weighted by Crippen LogP contribution is 2.35. The molecule has 0 aliphatic carbocycles. The van der Waals surface area contributed by atoms with Crippen molar-refractivity contribution in [3.63, 3.8) is 0 Å². The summed E-state index contributed by atoms with van der Waals surface area (Å²) in [4.78, 5) is 13.6. The van der Waals surface area contributed by atoms with E-state index in [1.54, 1.807) is 23.7 Å². The van der Waals surface area contributed by atoms with Crippen molar-refractivity contribution in [3.8, 4) is 16.5 Å². The van der Waals surface area contributed by atoms with Gasteiger partial charge in [-0.1, -0.05) is 24.3 Å². The van der Waals surface area contributed by atoms with Crippen LogP contribution in [0.2, 0.25) is 0 Å². The molecular weight excluding hydrogens is 316 g/mol. The summed E-state index contributed by atoms with van der Waals surface area (Å²) in [6, 6.07) is 18.4. The van der Waals surface area contributed by atoms with Crippen LogP contribution in [0.25, 0.3) is 37.6 Å². The maximum Gasteiger partial charge on any atom is 0.234 e. The molecule has 0 unspecified atom stereocenters. The average Bonchev–Trinajstić information content (AvgIpc) is 3.26. The highest BCUT2D eigenvalue weighted by atomic mass is 32.1. The Hall–Kier alpha value is -3.05. The summed E-state index contributed by atoms with van der Waals surface area (Å²) in [5.74, 6) is 0.668. The maximum absolute atomic E-state index is 4.81. The molecule has 0 saturated carbocycles. The number of para-hydroxylation sites is 2. The van der Waals surface area contributed by atoms with Crippen molar-refractivity contribution in [3.05, 3.63) is 73.2 Å². The molecule has 0 fully saturated rings. The molecule has 0 spiro atoms. The molecule has 0 atom stereocenters. The number of benzene rings is 2. The van der Waals surface area contributed by atoms with E-state index in [0.717, 1.165) is 27.0 Å². The molecule has 5 heteroatoms. The summed E-state index contributed by atoms with van der Waals surface area (Å²) < 4.78 is 3.22. The molecule has 5 aromatic rings. The zero-order chi connectivity index (χ0) is 15.9. The molecule has 5 rings (SSSR count). The second-order valence-electron chi connectivity index (χ2n) is 5.46. The van der Waals surface area contributed by atoms with Gasteiger partial charge in [-0.15, -0.1) is 11.3 Å². The van der Waals surface area contributed by atoms with Crippen LogP contribution >= 0.6 is 11.3 Å². The van der Waals surface area contributed by atoms with E-state index in [2.05, 4.69) is 46.4 Å². The van der Waals surface area contributed by atoms with Crippen molar-refractivity contribution in [1.29, 1.82) is 0 Å². The van der Waals surface area contributed by atoms with Crippen molar-refractivity contribution in [1.82, 2.24) is 19.5 Å². The van der Waals surface area contributed by atoms with Crippen LogP contribution in [0.15, 0.2) is 73.2 Å². The van der Waals surface area contributed by atoms with Gasteiger partial charge in [0, 0.05) is 29.5 Å². The molecule has 0 aliphatic rings. The van der Waals surface area contributed by atoms with Crippen LogP contribution in [0.1, 0.15) is 0 Å². The van der Waals surface area contributed by atoms with Gasteiger partial charge in [-0.3, -0.25) is 4.57 Å². The quantitative estimate of drug-likeness (QED) is 0.472. The first-order valence-corrected chi connectivity index (χ1v) is 8.45. The molecule has 0 saturated heterocycles. The normalized spacial score (nSPS) is 11.3. The molecule has 114 valence electrons. The summed E-state index contributed by atoms with van der Waals surface area (Å²) in [6.07, 6.45) is 5.53. The molecule has 24 heavy (non-hydrogen) atoms. The highest BCUT2D eigenvalue weighted by molar-refractivity contribution is 7.21.